The number of phosphoric ester groups is 1. The summed E-state index contributed by atoms with van der Waals surface area (Å²) in [6, 6.07) is 0. The van der Waals surface area contributed by atoms with Crippen LogP contribution in [0.15, 0.2) is 0 Å². The summed E-state index contributed by atoms with van der Waals surface area (Å²) >= 11 is 0. The van der Waals surface area contributed by atoms with E-state index in [1.54, 1.807) is 0 Å². The van der Waals surface area contributed by atoms with Crippen molar-refractivity contribution in [3.8, 4) is 0 Å². The van der Waals surface area contributed by atoms with Gasteiger partial charge in [0.05, 0.1) is 19.8 Å². The Morgan fingerprint density at radius 2 is 0.710 bits per heavy atom. The molecular formula is C53H108NO7P. The number of carbonyl (C=O) groups is 1. The maximum atomic E-state index is 12.7. The van der Waals surface area contributed by atoms with E-state index in [2.05, 4.69) is 13.8 Å². The van der Waals surface area contributed by atoms with Crippen LogP contribution in [-0.4, -0.2) is 49.9 Å². The summed E-state index contributed by atoms with van der Waals surface area (Å²) in [6.07, 6.45) is 57.2. The summed E-state index contributed by atoms with van der Waals surface area (Å²) in [5, 5.41) is 0. The number of hydrogen-bond acceptors (Lipinski definition) is 7. The fraction of sp³-hybridized carbons (Fsp3) is 0.981. The maximum absolute atomic E-state index is 12.7. The Morgan fingerprint density at radius 3 is 1.02 bits per heavy atom. The monoisotopic (exact) mass is 902 g/mol. The van der Waals surface area contributed by atoms with Crippen LogP contribution in [-0.2, 0) is 27.9 Å². The maximum Gasteiger partial charge on any atom is 0.472 e. The molecular weight excluding hydrogens is 794 g/mol. The van der Waals surface area contributed by atoms with Crippen molar-refractivity contribution in [1.29, 1.82) is 0 Å². The van der Waals surface area contributed by atoms with Crippen LogP contribution in [0.2, 0.25) is 0 Å². The van der Waals surface area contributed by atoms with Crippen molar-refractivity contribution in [1.82, 2.24) is 0 Å². The first-order valence-electron chi connectivity index (χ1n) is 27.5. The molecule has 0 fully saturated rings. The number of carbonyl (C=O) groups excluding carboxylic acids is 1. The lowest BCUT2D eigenvalue weighted by Gasteiger charge is -2.20. The third kappa shape index (κ3) is 50.5. The van der Waals surface area contributed by atoms with E-state index < -0.39 is 13.9 Å². The second-order valence-electron chi connectivity index (χ2n) is 18.8. The van der Waals surface area contributed by atoms with Crippen LogP contribution in [0.4, 0.5) is 0 Å². The molecule has 0 spiro atoms. The lowest BCUT2D eigenvalue weighted by molar-refractivity contribution is -0.154. The molecule has 0 saturated carbocycles. The van der Waals surface area contributed by atoms with Gasteiger partial charge in [0.1, 0.15) is 6.10 Å². The summed E-state index contributed by atoms with van der Waals surface area (Å²) in [7, 11) is -4.28. The summed E-state index contributed by atoms with van der Waals surface area (Å²) in [5.41, 5.74) is 5.40. The number of hydrogen-bond donors (Lipinski definition) is 2. The second-order valence-corrected chi connectivity index (χ2v) is 20.3. The molecule has 0 amide bonds. The highest BCUT2D eigenvalue weighted by molar-refractivity contribution is 7.47. The Bertz CT molecular complexity index is 924. The van der Waals surface area contributed by atoms with E-state index in [9.17, 15) is 14.3 Å². The average Bonchev–Trinajstić information content (AvgIpc) is 3.26. The van der Waals surface area contributed by atoms with E-state index in [4.69, 9.17) is 24.3 Å². The van der Waals surface area contributed by atoms with Crippen LogP contribution < -0.4 is 5.73 Å². The molecule has 0 heterocycles. The molecule has 0 aromatic rings. The normalized spacial score (nSPS) is 13.2. The number of esters is 1. The molecule has 8 nitrogen and oxygen atoms in total. The third-order valence-corrected chi connectivity index (χ3v) is 13.5. The van der Waals surface area contributed by atoms with E-state index in [-0.39, 0.29) is 32.3 Å². The van der Waals surface area contributed by atoms with Gasteiger partial charge in [0, 0.05) is 19.6 Å². The van der Waals surface area contributed by atoms with E-state index in [1.165, 1.54) is 244 Å². The van der Waals surface area contributed by atoms with Crippen molar-refractivity contribution >= 4 is 13.8 Å². The average molecular weight is 902 g/mol. The predicted molar refractivity (Wildman–Crippen MR) is 266 cm³/mol. The Morgan fingerprint density at radius 1 is 0.419 bits per heavy atom. The SMILES string of the molecule is CCCCCCCCCCCCCCCCCCCCCCCCCCCCOCC(COP(=O)(O)OCCN)OC(=O)CCCCCCCCCCCCCCCCCCC. The van der Waals surface area contributed by atoms with Crippen LogP contribution in [0.25, 0.3) is 0 Å². The Balaban J connectivity index is 3.80. The van der Waals surface area contributed by atoms with Gasteiger partial charge in [-0.2, -0.15) is 0 Å². The molecule has 0 saturated heterocycles. The highest BCUT2D eigenvalue weighted by Crippen LogP contribution is 2.43. The molecule has 0 aliphatic rings. The molecule has 9 heteroatoms. The van der Waals surface area contributed by atoms with Crippen molar-refractivity contribution in [2.24, 2.45) is 5.73 Å². The van der Waals surface area contributed by atoms with Crippen LogP contribution in [0.1, 0.15) is 296 Å². The van der Waals surface area contributed by atoms with Gasteiger partial charge in [0.15, 0.2) is 0 Å². The van der Waals surface area contributed by atoms with E-state index in [0.717, 1.165) is 32.1 Å². The molecule has 0 aliphatic carbocycles. The summed E-state index contributed by atoms with van der Waals surface area (Å²) in [5.74, 6) is -0.320. The Hall–Kier alpha value is -0.500. The number of nitrogens with two attached hydrogens (primary N) is 1. The van der Waals surface area contributed by atoms with Gasteiger partial charge in [-0.1, -0.05) is 277 Å². The zero-order valence-electron chi connectivity index (χ0n) is 41.6. The molecule has 0 bridgehead atoms. The first kappa shape index (κ1) is 61.5. The number of rotatable bonds is 54. The third-order valence-electron chi connectivity index (χ3n) is 12.5. The highest BCUT2D eigenvalue weighted by atomic mass is 31.2. The Kier molecular flexibility index (Phi) is 51.1. The van der Waals surface area contributed by atoms with Crippen molar-refractivity contribution in [2.75, 3.05) is 33.0 Å². The smallest absolute Gasteiger partial charge is 0.457 e. The van der Waals surface area contributed by atoms with Gasteiger partial charge >= 0.3 is 13.8 Å². The lowest BCUT2D eigenvalue weighted by atomic mass is 10.0. The van der Waals surface area contributed by atoms with Crippen LogP contribution in [0.5, 0.6) is 0 Å². The Labute approximate surface area is 386 Å². The molecule has 2 unspecified atom stereocenters. The molecule has 2 atom stereocenters. The molecule has 0 rings (SSSR count). The highest BCUT2D eigenvalue weighted by Gasteiger charge is 2.25. The first-order valence-corrected chi connectivity index (χ1v) is 29.0. The molecule has 3 N–H and O–H groups in total. The molecule has 372 valence electrons. The van der Waals surface area contributed by atoms with Crippen molar-refractivity contribution in [3.05, 3.63) is 0 Å². The lowest BCUT2D eigenvalue weighted by Crippen LogP contribution is -2.28. The molecule has 0 radical (unpaired) electrons. The van der Waals surface area contributed by atoms with Gasteiger partial charge in [0.2, 0.25) is 0 Å². The summed E-state index contributed by atoms with van der Waals surface area (Å²) < 4.78 is 33.6. The van der Waals surface area contributed by atoms with Gasteiger partial charge < -0.3 is 20.1 Å². The zero-order valence-corrected chi connectivity index (χ0v) is 42.5. The minimum atomic E-state index is -4.28. The number of unbranched alkanes of at least 4 members (excludes halogenated alkanes) is 41. The van der Waals surface area contributed by atoms with Gasteiger partial charge in [-0.15, -0.1) is 0 Å². The fourth-order valence-corrected chi connectivity index (χ4v) is 9.24. The van der Waals surface area contributed by atoms with Gasteiger partial charge in [0.25, 0.3) is 0 Å². The standard InChI is InChI=1S/C53H108NO7P/c1-3-5-7-9-11-13-15-17-19-21-22-23-24-25-26-27-28-29-31-33-35-37-39-41-43-45-48-58-50-52(51-60-62(56,57)59-49-47-54)61-53(55)46-44-42-40-38-36-34-32-30-20-18-16-14-12-10-8-6-4-2/h52H,3-51,54H2,1-2H3,(H,56,57). The quantitative estimate of drug-likeness (QED) is 0.0352. The molecule has 0 aliphatic heterocycles. The van der Waals surface area contributed by atoms with Crippen LogP contribution >= 0.6 is 7.82 Å². The molecule has 0 aromatic carbocycles. The molecule has 62 heavy (non-hydrogen) atoms. The van der Waals surface area contributed by atoms with Gasteiger partial charge in [-0.25, -0.2) is 4.57 Å². The minimum absolute atomic E-state index is 0.0896. The van der Waals surface area contributed by atoms with Crippen molar-refractivity contribution in [3.63, 3.8) is 0 Å². The van der Waals surface area contributed by atoms with Crippen molar-refractivity contribution in [2.45, 2.75) is 302 Å². The van der Waals surface area contributed by atoms with E-state index >= 15 is 0 Å². The van der Waals surface area contributed by atoms with Crippen molar-refractivity contribution < 1.29 is 32.8 Å². The topological polar surface area (TPSA) is 117 Å². The van der Waals surface area contributed by atoms with Gasteiger partial charge in [-0.05, 0) is 12.8 Å². The number of ether oxygens (including phenoxy) is 2. The van der Waals surface area contributed by atoms with Crippen LogP contribution in [0.3, 0.4) is 0 Å². The first-order chi connectivity index (χ1) is 30.4. The zero-order chi connectivity index (χ0) is 45.1. The summed E-state index contributed by atoms with van der Waals surface area (Å²) in [6.45, 7) is 5.02. The number of phosphoric acid groups is 1. The largest absolute Gasteiger partial charge is 0.472 e. The summed E-state index contributed by atoms with van der Waals surface area (Å²) in [4.78, 5) is 22.6. The predicted octanol–water partition coefficient (Wildman–Crippen LogP) is 17.2. The molecule has 0 aromatic heterocycles. The van der Waals surface area contributed by atoms with Gasteiger partial charge in [-0.3, -0.25) is 13.8 Å². The fourth-order valence-electron chi connectivity index (χ4n) is 8.47. The van der Waals surface area contributed by atoms with E-state index in [1.807, 2.05) is 0 Å². The van der Waals surface area contributed by atoms with E-state index in [0.29, 0.717) is 13.0 Å². The minimum Gasteiger partial charge on any atom is -0.457 e. The van der Waals surface area contributed by atoms with Crippen LogP contribution in [0, 0.1) is 0 Å². The second kappa shape index (κ2) is 51.5.